The molecule has 0 radical (unpaired) electrons. The maximum Gasteiger partial charge on any atom is 0.451 e. The monoisotopic (exact) mass is 344 g/mol. The van der Waals surface area contributed by atoms with Gasteiger partial charge in [-0.15, -0.1) is 0 Å². The molecule has 6 N–H and O–H groups in total. The third kappa shape index (κ3) is 6.05. The van der Waals surface area contributed by atoms with Gasteiger partial charge in [-0.25, -0.2) is 0 Å². The van der Waals surface area contributed by atoms with Crippen LogP contribution in [0.2, 0.25) is 6.32 Å². The minimum atomic E-state index is -1.38. The van der Waals surface area contributed by atoms with E-state index in [4.69, 9.17) is 15.8 Å². The van der Waals surface area contributed by atoms with Crippen LogP contribution >= 0.6 is 0 Å². The minimum Gasteiger partial charge on any atom is -0.481 e. The number of aliphatic carboxylic acids is 2. The number of hydrogen-bond donors (Lipinski definition) is 5. The first kappa shape index (κ1) is 20.9. The molecule has 1 atom stereocenters. The van der Waals surface area contributed by atoms with Crippen molar-refractivity contribution in [3.8, 4) is 0 Å². The van der Waals surface area contributed by atoms with Gasteiger partial charge in [-0.1, -0.05) is 12.8 Å². The molecule has 1 unspecified atom stereocenters. The molecule has 1 saturated heterocycles. The van der Waals surface area contributed by atoms with Gasteiger partial charge >= 0.3 is 19.1 Å². The summed E-state index contributed by atoms with van der Waals surface area (Å²) in [5.41, 5.74) is 3.99. The van der Waals surface area contributed by atoms with Gasteiger partial charge in [0.25, 0.3) is 0 Å². The Bertz CT molecular complexity index is 440. The van der Waals surface area contributed by atoms with Crippen LogP contribution < -0.4 is 5.73 Å². The molecule has 0 aromatic heterocycles. The fourth-order valence-electron chi connectivity index (χ4n) is 2.95. The summed E-state index contributed by atoms with van der Waals surface area (Å²) in [4.78, 5) is 24.8. The van der Waals surface area contributed by atoms with E-state index in [9.17, 15) is 19.8 Å². The molecule has 0 aromatic rings. The highest BCUT2D eigenvalue weighted by Gasteiger charge is 2.38. The van der Waals surface area contributed by atoms with Crippen molar-refractivity contribution in [2.75, 3.05) is 19.6 Å². The molecule has 0 spiro atoms. The number of carboxylic acids is 2. The predicted molar refractivity (Wildman–Crippen MR) is 89.4 cm³/mol. The van der Waals surface area contributed by atoms with E-state index in [0.717, 1.165) is 0 Å². The lowest BCUT2D eigenvalue weighted by Crippen LogP contribution is -2.51. The van der Waals surface area contributed by atoms with Gasteiger partial charge in [0.15, 0.2) is 0 Å². The molecule has 0 aromatic carbocycles. The highest BCUT2D eigenvalue weighted by atomic mass is 16.4. The maximum atomic E-state index is 11.5. The van der Waals surface area contributed by atoms with Gasteiger partial charge in [0.2, 0.25) is 0 Å². The van der Waals surface area contributed by atoms with Crippen LogP contribution in [0.25, 0.3) is 0 Å². The molecule has 0 bridgehead atoms. The highest BCUT2D eigenvalue weighted by molar-refractivity contribution is 6.40. The molecule has 9 heteroatoms. The van der Waals surface area contributed by atoms with Gasteiger partial charge in [-0.05, 0) is 52.0 Å². The normalized spacial score (nSPS) is 20.3. The van der Waals surface area contributed by atoms with E-state index in [1.807, 2.05) is 0 Å². The van der Waals surface area contributed by atoms with Crippen LogP contribution in [0.4, 0.5) is 0 Å². The quantitative estimate of drug-likeness (QED) is 0.275. The molecule has 0 saturated carbocycles. The van der Waals surface area contributed by atoms with Crippen molar-refractivity contribution in [2.45, 2.75) is 57.3 Å². The average molecular weight is 344 g/mol. The Hall–Kier alpha value is -1.16. The van der Waals surface area contributed by atoms with Gasteiger partial charge in [0.05, 0.1) is 5.41 Å². The van der Waals surface area contributed by atoms with Gasteiger partial charge < -0.3 is 30.9 Å². The van der Waals surface area contributed by atoms with Gasteiger partial charge in [0, 0.05) is 6.54 Å². The lowest BCUT2D eigenvalue weighted by Gasteiger charge is -2.37. The summed E-state index contributed by atoms with van der Waals surface area (Å²) in [5, 5.41) is 36.2. The zero-order chi connectivity index (χ0) is 18.4. The summed E-state index contributed by atoms with van der Waals surface area (Å²) < 4.78 is 0. The van der Waals surface area contributed by atoms with E-state index in [-0.39, 0.29) is 19.2 Å². The molecule has 0 aliphatic carbocycles. The van der Waals surface area contributed by atoms with Crippen molar-refractivity contribution >= 4 is 19.1 Å². The third-order valence-electron chi connectivity index (χ3n) is 5.11. The van der Waals surface area contributed by atoms with Gasteiger partial charge in [-0.2, -0.15) is 0 Å². The Morgan fingerprint density at radius 2 is 1.75 bits per heavy atom. The van der Waals surface area contributed by atoms with Gasteiger partial charge in [0.1, 0.15) is 5.54 Å². The van der Waals surface area contributed by atoms with Crippen molar-refractivity contribution < 1.29 is 29.9 Å². The number of hydrogen-bond acceptors (Lipinski definition) is 6. The van der Waals surface area contributed by atoms with Crippen molar-refractivity contribution in [2.24, 2.45) is 11.1 Å². The molecule has 138 valence electrons. The van der Waals surface area contributed by atoms with Crippen LogP contribution in [-0.2, 0) is 9.59 Å². The summed E-state index contributed by atoms with van der Waals surface area (Å²) in [6.45, 7) is 3.50. The number of rotatable bonds is 10. The molecule has 1 rings (SSSR count). The number of likely N-dealkylation sites (tertiary alicyclic amines) is 1. The Kier molecular flexibility index (Phi) is 7.66. The summed E-state index contributed by atoms with van der Waals surface area (Å²) >= 11 is 0. The van der Waals surface area contributed by atoms with Crippen molar-refractivity contribution in [1.82, 2.24) is 4.90 Å². The smallest absolute Gasteiger partial charge is 0.451 e. The topological polar surface area (TPSA) is 144 Å². The fraction of sp³-hybridized carbons (Fsp3) is 0.867. The van der Waals surface area contributed by atoms with Crippen LogP contribution in [0, 0.1) is 5.41 Å². The van der Waals surface area contributed by atoms with Crippen LogP contribution in [-0.4, -0.2) is 69.4 Å². The van der Waals surface area contributed by atoms with Crippen LogP contribution in [0.15, 0.2) is 0 Å². The lowest BCUT2D eigenvalue weighted by molar-refractivity contribution is -0.150. The first-order valence-electron chi connectivity index (χ1n) is 8.43. The molecule has 0 amide bonds. The van der Waals surface area contributed by atoms with E-state index in [1.165, 1.54) is 0 Å². The van der Waals surface area contributed by atoms with Crippen molar-refractivity contribution in [3.05, 3.63) is 0 Å². The number of piperidine rings is 1. The summed E-state index contributed by atoms with van der Waals surface area (Å²) in [7, 11) is -1.38. The number of unbranched alkanes of at least 4 members (excludes halogenated alkanes) is 1. The van der Waals surface area contributed by atoms with Gasteiger partial charge in [-0.3, -0.25) is 9.59 Å². The Labute approximate surface area is 142 Å². The second kappa shape index (κ2) is 8.80. The Balaban J connectivity index is 2.44. The van der Waals surface area contributed by atoms with Crippen molar-refractivity contribution in [3.63, 3.8) is 0 Å². The molecule has 1 fully saturated rings. The van der Waals surface area contributed by atoms with Crippen molar-refractivity contribution in [1.29, 1.82) is 0 Å². The average Bonchev–Trinajstić information content (AvgIpc) is 2.50. The molecular formula is C15H29BN2O6. The largest absolute Gasteiger partial charge is 0.481 e. The van der Waals surface area contributed by atoms with E-state index in [0.29, 0.717) is 45.3 Å². The molecular weight excluding hydrogens is 315 g/mol. The van der Waals surface area contributed by atoms with E-state index in [2.05, 4.69) is 4.90 Å². The van der Waals surface area contributed by atoms with Crippen LogP contribution in [0.1, 0.15) is 45.4 Å². The SMILES string of the molecule is CC1(C(=O)O)CCN(CCC(N)(CCCCB(O)O)C(=O)O)CC1. The second-order valence-corrected chi connectivity index (χ2v) is 7.15. The fourth-order valence-corrected chi connectivity index (χ4v) is 2.95. The highest BCUT2D eigenvalue weighted by Crippen LogP contribution is 2.31. The number of carboxylic acid groups (broad SMARTS) is 2. The second-order valence-electron chi connectivity index (χ2n) is 7.15. The first-order valence-corrected chi connectivity index (χ1v) is 8.43. The molecule has 8 nitrogen and oxygen atoms in total. The predicted octanol–water partition coefficient (Wildman–Crippen LogP) is -0.0116. The number of carbonyl (C=O) groups is 2. The van der Waals surface area contributed by atoms with Crippen LogP contribution in [0.5, 0.6) is 0 Å². The minimum absolute atomic E-state index is 0.204. The molecule has 24 heavy (non-hydrogen) atoms. The summed E-state index contributed by atoms with van der Waals surface area (Å²) in [6, 6.07) is 0. The third-order valence-corrected chi connectivity index (χ3v) is 5.11. The molecule has 1 aliphatic heterocycles. The molecule has 1 aliphatic rings. The summed E-state index contributed by atoms with van der Waals surface area (Å²) in [5.74, 6) is -1.84. The zero-order valence-corrected chi connectivity index (χ0v) is 14.3. The first-order chi connectivity index (χ1) is 11.1. The number of nitrogens with two attached hydrogens (primary N) is 1. The van der Waals surface area contributed by atoms with Crippen LogP contribution in [0.3, 0.4) is 0 Å². The standard InChI is InChI=1S/C15H29BN2O6/c1-14(12(19)20)5-9-18(10-6-14)11-7-15(17,13(21)22)4-2-3-8-16(23)24/h23-24H,2-11,17H2,1H3,(H,19,20)(H,21,22). The maximum absolute atomic E-state index is 11.5. The zero-order valence-electron chi connectivity index (χ0n) is 14.3. The molecule has 1 heterocycles. The van der Waals surface area contributed by atoms with E-state index < -0.39 is 30.0 Å². The lowest BCUT2D eigenvalue weighted by atomic mass is 9.80. The van der Waals surface area contributed by atoms with E-state index >= 15 is 0 Å². The Morgan fingerprint density at radius 3 is 2.21 bits per heavy atom. The number of nitrogens with zero attached hydrogens (tertiary/aromatic N) is 1. The summed E-state index contributed by atoms with van der Waals surface area (Å²) in [6.07, 6.45) is 2.87. The van der Waals surface area contributed by atoms with E-state index in [1.54, 1.807) is 6.92 Å². The Morgan fingerprint density at radius 1 is 1.17 bits per heavy atom.